The summed E-state index contributed by atoms with van der Waals surface area (Å²) < 4.78 is 0. The molecular weight excluding hydrogens is 100 g/mol. The maximum Gasteiger partial charge on any atom is -0.0933 e. The van der Waals surface area contributed by atoms with Gasteiger partial charge in [0.2, 0.25) is 0 Å². The Morgan fingerprint density at radius 1 is 0.857 bits per heavy atom. The van der Waals surface area contributed by atoms with Crippen LogP contribution in [0, 0.1) is 0 Å². The van der Waals surface area contributed by atoms with Crippen molar-refractivity contribution in [3.8, 4) is 0 Å². The van der Waals surface area contributed by atoms with Gasteiger partial charge in [-0.1, -0.05) is 27.7 Å². The lowest BCUT2D eigenvalue weighted by Crippen LogP contribution is -1.98. The highest BCUT2D eigenvalue weighted by molar-refractivity contribution is 6.38. The molecule has 0 nitrogen and oxygen atoms in total. The molecule has 0 N–H and O–H groups in total. The largest absolute Gasteiger partial charge is 0.272 e. The minimum atomic E-state index is 0.713. The topological polar surface area (TPSA) is 0 Å². The molecule has 0 saturated carbocycles. The third-order valence-corrected chi connectivity index (χ3v) is 2.31. The van der Waals surface area contributed by atoms with Crippen LogP contribution in [-0.4, -0.2) is 9.52 Å². The molecule has 0 spiro atoms. The number of hydrogen-bond donors (Lipinski definition) is 0. The van der Waals surface area contributed by atoms with Crippen molar-refractivity contribution in [2.75, 3.05) is 0 Å². The Kier molecular flexibility index (Phi) is 3.35. The molecule has 0 fully saturated rings. The van der Waals surface area contributed by atoms with E-state index in [0.717, 1.165) is 11.1 Å². The van der Waals surface area contributed by atoms with Crippen molar-refractivity contribution in [1.29, 1.82) is 0 Å². The molecule has 0 heterocycles. The summed E-state index contributed by atoms with van der Waals surface area (Å²) in [6.45, 7) is 9.20. The van der Waals surface area contributed by atoms with Crippen LogP contribution >= 0.6 is 0 Å². The second-order valence-electron chi connectivity index (χ2n) is 2.68. The molecule has 0 radical (unpaired) electrons. The first-order valence-corrected chi connectivity index (χ1v) is 4.31. The van der Waals surface area contributed by atoms with Gasteiger partial charge < -0.3 is 0 Å². The van der Waals surface area contributed by atoms with Crippen molar-refractivity contribution in [2.45, 2.75) is 38.8 Å². The molecule has 0 rings (SSSR count). The van der Waals surface area contributed by atoms with Gasteiger partial charge in [0.15, 0.2) is 0 Å². The third kappa shape index (κ3) is 6.22. The van der Waals surface area contributed by atoms with Gasteiger partial charge in [0.1, 0.15) is 0 Å². The fourth-order valence-corrected chi connectivity index (χ4v) is 2.31. The van der Waals surface area contributed by atoms with E-state index in [4.69, 9.17) is 0 Å². The smallest absolute Gasteiger partial charge is 0.0933 e. The van der Waals surface area contributed by atoms with E-state index >= 15 is 0 Å². The summed E-state index contributed by atoms with van der Waals surface area (Å²) in [6, 6.07) is 0. The third-order valence-electron chi connectivity index (χ3n) is 0.770. The molecule has 0 aromatic carbocycles. The molecule has 7 heavy (non-hydrogen) atoms. The van der Waals surface area contributed by atoms with Crippen LogP contribution in [0.15, 0.2) is 0 Å². The van der Waals surface area contributed by atoms with E-state index in [0.29, 0.717) is 9.52 Å². The quantitative estimate of drug-likeness (QED) is 0.483. The number of rotatable bonds is 2. The van der Waals surface area contributed by atoms with Gasteiger partial charge in [-0.3, -0.25) is 9.52 Å². The zero-order valence-electron chi connectivity index (χ0n) is 5.73. The average molecular weight is 115 g/mol. The van der Waals surface area contributed by atoms with Gasteiger partial charge in [-0.05, 0) is 0 Å². The van der Waals surface area contributed by atoms with Gasteiger partial charge in [-0.2, -0.15) is 11.1 Å². The zero-order valence-corrected chi connectivity index (χ0v) is 6.89. The minimum absolute atomic E-state index is 0.713. The Morgan fingerprint density at radius 2 is 1.14 bits per heavy atom. The normalized spacial score (nSPS) is 11.1. The van der Waals surface area contributed by atoms with E-state index < -0.39 is 0 Å². The van der Waals surface area contributed by atoms with Crippen molar-refractivity contribution in [3.05, 3.63) is 0 Å². The Bertz CT molecular complexity index is 33.4. The molecule has 0 unspecified atom stereocenters. The molecule has 0 aromatic heterocycles. The molecule has 0 atom stereocenters. The van der Waals surface area contributed by atoms with Crippen LogP contribution in [0.4, 0.5) is 0 Å². The van der Waals surface area contributed by atoms with E-state index in [1.54, 1.807) is 0 Å². The first-order valence-electron chi connectivity index (χ1n) is 2.98. The van der Waals surface area contributed by atoms with E-state index in [-0.39, 0.29) is 0 Å². The highest BCUT2D eigenvalue weighted by atomic mass is 28.2. The fraction of sp³-hybridized carbons (Fsp3) is 1.00. The summed E-state index contributed by atoms with van der Waals surface area (Å²) in [5.41, 5.74) is 1.92. The van der Waals surface area contributed by atoms with Crippen LogP contribution in [0.3, 0.4) is 0 Å². The Balaban J connectivity index is 2.95. The van der Waals surface area contributed by atoms with Crippen LogP contribution in [0.1, 0.15) is 27.7 Å². The van der Waals surface area contributed by atoms with Crippen LogP contribution in [-0.2, 0) is 0 Å². The molecule has 0 saturated heterocycles. The number of hydrogen-bond acceptors (Lipinski definition) is 0. The average Bonchev–Trinajstić information content (AvgIpc) is 1.27. The van der Waals surface area contributed by atoms with E-state index in [1.165, 1.54) is 0 Å². The summed E-state index contributed by atoms with van der Waals surface area (Å²) in [7, 11) is 0.713. The standard InChI is InChI=1S/C6H15Si/c1-5(2)7-6(3)4/h5-7H,1-4H3/q-1. The predicted molar refractivity (Wildman–Crippen MR) is 37.3 cm³/mol. The lowest BCUT2D eigenvalue weighted by Gasteiger charge is -2.18. The highest BCUT2D eigenvalue weighted by Crippen LogP contribution is 2.07. The monoisotopic (exact) mass is 115 g/mol. The molecule has 0 aliphatic rings. The Labute approximate surface area is 49.1 Å². The summed E-state index contributed by atoms with van der Waals surface area (Å²) >= 11 is 0. The summed E-state index contributed by atoms with van der Waals surface area (Å²) in [5.74, 6) is 0. The van der Waals surface area contributed by atoms with Crippen molar-refractivity contribution < 1.29 is 0 Å². The van der Waals surface area contributed by atoms with Crippen LogP contribution in [0.2, 0.25) is 11.1 Å². The van der Waals surface area contributed by atoms with Gasteiger partial charge in [0.25, 0.3) is 0 Å². The van der Waals surface area contributed by atoms with Crippen LogP contribution in [0.25, 0.3) is 0 Å². The van der Waals surface area contributed by atoms with Gasteiger partial charge in [0.05, 0.1) is 0 Å². The van der Waals surface area contributed by atoms with E-state index in [2.05, 4.69) is 27.7 Å². The molecule has 0 aliphatic heterocycles. The zero-order chi connectivity index (χ0) is 5.86. The second kappa shape index (κ2) is 3.25. The van der Waals surface area contributed by atoms with Crippen LogP contribution in [0.5, 0.6) is 0 Å². The maximum absolute atomic E-state index is 2.30. The Hall–Kier alpha value is 0.217. The molecule has 0 aromatic rings. The highest BCUT2D eigenvalue weighted by Gasteiger charge is 1.82. The van der Waals surface area contributed by atoms with Gasteiger partial charge >= 0.3 is 0 Å². The Morgan fingerprint density at radius 3 is 1.14 bits per heavy atom. The minimum Gasteiger partial charge on any atom is -0.272 e. The molecule has 0 aliphatic carbocycles. The summed E-state index contributed by atoms with van der Waals surface area (Å²) in [5, 5.41) is 0. The SMILES string of the molecule is CC(C)[SiH-]C(C)C. The predicted octanol–water partition coefficient (Wildman–Crippen LogP) is 2.08. The van der Waals surface area contributed by atoms with Crippen LogP contribution < -0.4 is 0 Å². The van der Waals surface area contributed by atoms with E-state index in [1.807, 2.05) is 0 Å². The summed E-state index contributed by atoms with van der Waals surface area (Å²) in [4.78, 5) is 0. The molecule has 44 valence electrons. The first kappa shape index (κ1) is 7.22. The summed E-state index contributed by atoms with van der Waals surface area (Å²) in [6.07, 6.45) is 0. The van der Waals surface area contributed by atoms with Crippen molar-refractivity contribution in [3.63, 3.8) is 0 Å². The molecular formula is C6H15Si-. The van der Waals surface area contributed by atoms with Crippen molar-refractivity contribution >= 4 is 9.52 Å². The molecule has 0 bridgehead atoms. The lowest BCUT2D eigenvalue weighted by molar-refractivity contribution is 0.971. The van der Waals surface area contributed by atoms with Gasteiger partial charge in [0, 0.05) is 0 Å². The molecule has 0 amide bonds. The van der Waals surface area contributed by atoms with Gasteiger partial charge in [-0.25, -0.2) is 0 Å². The molecule has 1 heteroatoms. The maximum atomic E-state index is 2.30. The van der Waals surface area contributed by atoms with Gasteiger partial charge in [-0.15, -0.1) is 0 Å². The fourth-order valence-electron chi connectivity index (χ4n) is 0.770. The van der Waals surface area contributed by atoms with E-state index in [9.17, 15) is 0 Å². The van der Waals surface area contributed by atoms with Crippen molar-refractivity contribution in [1.82, 2.24) is 0 Å². The lowest BCUT2D eigenvalue weighted by atomic mass is 10.5. The van der Waals surface area contributed by atoms with Crippen molar-refractivity contribution in [2.24, 2.45) is 0 Å². The second-order valence-corrected chi connectivity index (χ2v) is 5.73. The first-order chi connectivity index (χ1) is 3.13.